The summed E-state index contributed by atoms with van der Waals surface area (Å²) < 4.78 is 17.6. The second-order valence-electron chi connectivity index (χ2n) is 6.49. The van der Waals surface area contributed by atoms with Crippen molar-refractivity contribution in [1.29, 1.82) is 0 Å². The van der Waals surface area contributed by atoms with E-state index in [1.54, 1.807) is 7.11 Å². The Balaban J connectivity index is 2.03. The maximum atomic E-state index is 12.7. The molecule has 8 heteroatoms. The van der Waals surface area contributed by atoms with Crippen LogP contribution in [0, 0.1) is 0 Å². The van der Waals surface area contributed by atoms with Crippen molar-refractivity contribution in [2.24, 2.45) is 0 Å². The first-order valence-electron chi connectivity index (χ1n) is 9.76. The number of hydrogen-bond donors (Lipinski definition) is 1. The lowest BCUT2D eigenvalue weighted by Gasteiger charge is -2.10. The molecule has 0 aromatic carbocycles. The van der Waals surface area contributed by atoms with Crippen molar-refractivity contribution < 1.29 is 23.8 Å². The summed E-state index contributed by atoms with van der Waals surface area (Å²) in [6, 6.07) is 0. The Hall–Kier alpha value is -1.93. The molecule has 1 aliphatic rings. The van der Waals surface area contributed by atoms with Crippen molar-refractivity contribution in [3.05, 3.63) is 17.0 Å². The largest absolute Gasteiger partial charge is 0.466 e. The molecule has 2 rings (SSSR count). The Kier molecular flexibility index (Phi) is 9.27. The van der Waals surface area contributed by atoms with Crippen LogP contribution < -0.4 is 5.32 Å². The van der Waals surface area contributed by atoms with Gasteiger partial charge >= 0.3 is 5.97 Å². The Morgan fingerprint density at radius 2 is 2.11 bits per heavy atom. The van der Waals surface area contributed by atoms with Crippen LogP contribution in [0.1, 0.15) is 54.4 Å². The second-order valence-corrected chi connectivity index (χ2v) is 6.49. The van der Waals surface area contributed by atoms with Gasteiger partial charge in [0.25, 0.3) is 5.91 Å². The minimum Gasteiger partial charge on any atom is -0.466 e. The molecule has 2 heterocycles. The molecule has 0 saturated carbocycles. The first-order valence-corrected chi connectivity index (χ1v) is 9.76. The molecule has 0 aliphatic carbocycles. The van der Waals surface area contributed by atoms with E-state index in [4.69, 9.17) is 14.2 Å². The summed E-state index contributed by atoms with van der Waals surface area (Å²) in [5.74, 6) is -0.316. The van der Waals surface area contributed by atoms with Gasteiger partial charge in [-0.2, -0.15) is 5.10 Å². The number of rotatable bonds is 8. The summed E-state index contributed by atoms with van der Waals surface area (Å²) in [6.07, 6.45) is 4.00. The van der Waals surface area contributed by atoms with Crippen molar-refractivity contribution in [3.8, 4) is 0 Å². The number of nitrogens with zero attached hydrogens (tertiary/aromatic N) is 2. The van der Waals surface area contributed by atoms with Crippen LogP contribution in [0.25, 0.3) is 0 Å². The maximum Gasteiger partial charge on any atom is 0.308 e. The number of hydrogen-bond acceptors (Lipinski definition) is 6. The van der Waals surface area contributed by atoms with Gasteiger partial charge in [0, 0.05) is 39.8 Å². The van der Waals surface area contributed by atoms with Crippen LogP contribution in [-0.4, -0.2) is 61.7 Å². The maximum absolute atomic E-state index is 12.7. The second kappa shape index (κ2) is 11.7. The van der Waals surface area contributed by atoms with Gasteiger partial charge in [0.15, 0.2) is 0 Å². The molecule has 0 radical (unpaired) electrons. The molecular formula is C19H31N3O5. The third-order valence-electron chi connectivity index (χ3n) is 4.43. The number of ether oxygens (including phenoxy) is 3. The van der Waals surface area contributed by atoms with Gasteiger partial charge < -0.3 is 19.5 Å². The highest BCUT2D eigenvalue weighted by Crippen LogP contribution is 2.19. The average molecular weight is 381 g/mol. The van der Waals surface area contributed by atoms with E-state index in [-0.39, 0.29) is 18.3 Å². The van der Waals surface area contributed by atoms with Gasteiger partial charge in [0.1, 0.15) is 0 Å². The summed E-state index contributed by atoms with van der Waals surface area (Å²) in [5.41, 5.74) is 2.47. The van der Waals surface area contributed by atoms with Crippen LogP contribution in [-0.2, 0) is 38.4 Å². The Morgan fingerprint density at radius 3 is 2.89 bits per heavy atom. The van der Waals surface area contributed by atoms with Crippen LogP contribution in [0.5, 0.6) is 0 Å². The zero-order chi connectivity index (χ0) is 19.5. The zero-order valence-corrected chi connectivity index (χ0v) is 16.4. The van der Waals surface area contributed by atoms with Crippen LogP contribution in [0.3, 0.4) is 0 Å². The van der Waals surface area contributed by atoms with E-state index in [1.165, 1.54) is 0 Å². The quantitative estimate of drug-likeness (QED) is 0.542. The van der Waals surface area contributed by atoms with Crippen molar-refractivity contribution in [1.82, 2.24) is 15.1 Å². The number of carbonyl (C=O) groups excluding carboxylic acids is 2. The third kappa shape index (κ3) is 6.62. The first-order chi connectivity index (χ1) is 13.2. The van der Waals surface area contributed by atoms with Gasteiger partial charge in [-0.3, -0.25) is 14.3 Å². The third-order valence-corrected chi connectivity index (χ3v) is 4.43. The van der Waals surface area contributed by atoms with Gasteiger partial charge in [-0.05, 0) is 25.7 Å². The van der Waals surface area contributed by atoms with Crippen LogP contribution in [0.2, 0.25) is 0 Å². The standard InChI is InChI=1S/C19H31N3O5/c1-3-15-18-16(7-4-11-26-12-5-9-20-19(18)24)22(21-15)10-6-13-27-17(23)8-14-25-2/h3-14H2,1-2H3,(H,20,24). The number of fused-ring (bicyclic) bond motifs is 1. The molecule has 1 aromatic heterocycles. The predicted molar refractivity (Wildman–Crippen MR) is 99.8 cm³/mol. The molecule has 1 amide bonds. The summed E-state index contributed by atoms with van der Waals surface area (Å²) in [5, 5.41) is 7.62. The highest BCUT2D eigenvalue weighted by molar-refractivity contribution is 5.96. The van der Waals surface area contributed by atoms with Gasteiger partial charge in [0.05, 0.1) is 36.6 Å². The molecule has 152 valence electrons. The van der Waals surface area contributed by atoms with Gasteiger partial charge in [-0.1, -0.05) is 6.92 Å². The van der Waals surface area contributed by atoms with E-state index in [9.17, 15) is 9.59 Å². The fraction of sp³-hybridized carbons (Fsp3) is 0.737. The summed E-state index contributed by atoms with van der Waals surface area (Å²) in [6.45, 7) is 5.25. The number of amides is 1. The van der Waals surface area contributed by atoms with Crippen LogP contribution in [0.15, 0.2) is 0 Å². The summed E-state index contributed by atoms with van der Waals surface area (Å²) >= 11 is 0. The lowest BCUT2D eigenvalue weighted by molar-refractivity contribution is -0.144. The van der Waals surface area contributed by atoms with E-state index in [1.807, 2.05) is 11.6 Å². The van der Waals surface area contributed by atoms with E-state index < -0.39 is 0 Å². The number of methoxy groups -OCH3 is 1. The highest BCUT2D eigenvalue weighted by Gasteiger charge is 2.22. The normalized spacial score (nSPS) is 15.6. The average Bonchev–Trinajstić information content (AvgIpc) is 3.00. The van der Waals surface area contributed by atoms with E-state index in [2.05, 4.69) is 10.4 Å². The number of nitrogens with one attached hydrogen (secondary N) is 1. The molecular weight excluding hydrogens is 350 g/mol. The molecule has 0 bridgehead atoms. The van der Waals surface area contributed by atoms with Gasteiger partial charge in [-0.15, -0.1) is 0 Å². The predicted octanol–water partition coefficient (Wildman–Crippen LogP) is 1.50. The smallest absolute Gasteiger partial charge is 0.308 e. The molecule has 0 unspecified atom stereocenters. The number of aromatic nitrogens is 2. The summed E-state index contributed by atoms with van der Waals surface area (Å²) in [7, 11) is 1.55. The Bertz CT molecular complexity index is 615. The molecule has 0 atom stereocenters. The molecule has 1 aromatic rings. The topological polar surface area (TPSA) is 91.7 Å². The van der Waals surface area contributed by atoms with Gasteiger partial charge in [0.2, 0.25) is 0 Å². The molecule has 27 heavy (non-hydrogen) atoms. The lowest BCUT2D eigenvalue weighted by Crippen LogP contribution is -2.26. The minimum absolute atomic E-state index is 0.0546. The number of esters is 1. The van der Waals surface area contributed by atoms with Crippen LogP contribution in [0.4, 0.5) is 0 Å². The van der Waals surface area contributed by atoms with E-state index >= 15 is 0 Å². The molecule has 0 fully saturated rings. The Labute approximate surface area is 160 Å². The molecule has 1 N–H and O–H groups in total. The number of aryl methyl sites for hydroxylation is 2. The summed E-state index contributed by atoms with van der Waals surface area (Å²) in [4.78, 5) is 24.2. The lowest BCUT2D eigenvalue weighted by atomic mass is 10.1. The van der Waals surface area contributed by atoms with Crippen LogP contribution >= 0.6 is 0 Å². The fourth-order valence-corrected chi connectivity index (χ4v) is 3.07. The monoisotopic (exact) mass is 381 g/mol. The van der Waals surface area contributed by atoms with Crippen molar-refractivity contribution in [3.63, 3.8) is 0 Å². The Morgan fingerprint density at radius 1 is 1.30 bits per heavy atom. The minimum atomic E-state index is -0.262. The molecule has 0 saturated heterocycles. The van der Waals surface area contributed by atoms with E-state index in [0.29, 0.717) is 57.9 Å². The highest BCUT2D eigenvalue weighted by atomic mass is 16.5. The SMILES string of the molecule is CCc1nn(CCCOC(=O)CCOC)c2c1C(=O)NCCCOCCC2. The first kappa shape index (κ1) is 21.4. The molecule has 1 aliphatic heterocycles. The van der Waals surface area contributed by atoms with Crippen molar-refractivity contribution in [2.75, 3.05) is 40.1 Å². The zero-order valence-electron chi connectivity index (χ0n) is 16.4. The number of carbonyl (C=O) groups is 2. The fourth-order valence-electron chi connectivity index (χ4n) is 3.07. The van der Waals surface area contributed by atoms with Crippen molar-refractivity contribution in [2.45, 2.75) is 52.0 Å². The molecule has 8 nitrogen and oxygen atoms in total. The van der Waals surface area contributed by atoms with Gasteiger partial charge in [-0.25, -0.2) is 0 Å². The van der Waals surface area contributed by atoms with Crippen molar-refractivity contribution >= 4 is 11.9 Å². The molecule has 0 spiro atoms. The van der Waals surface area contributed by atoms with E-state index in [0.717, 1.165) is 30.7 Å².